The predicted molar refractivity (Wildman–Crippen MR) is 162 cm³/mol. The summed E-state index contributed by atoms with van der Waals surface area (Å²) in [7, 11) is 0. The van der Waals surface area contributed by atoms with Gasteiger partial charge in [-0.3, -0.25) is 4.90 Å². The van der Waals surface area contributed by atoms with Crippen LogP contribution in [0.2, 0.25) is 0 Å². The lowest BCUT2D eigenvalue weighted by atomic mass is 9.95. The Balaban J connectivity index is 1.34. The number of pyridine rings is 1. The average molecular weight is 587 g/mol. The molecule has 6 heterocycles. The van der Waals surface area contributed by atoms with E-state index in [1.807, 2.05) is 12.1 Å². The number of nitrogens with zero attached hydrogens (tertiary/aromatic N) is 5. The van der Waals surface area contributed by atoms with E-state index in [9.17, 15) is 4.39 Å². The van der Waals surface area contributed by atoms with Gasteiger partial charge < -0.3 is 19.7 Å². The molecule has 1 N–H and O–H groups in total. The van der Waals surface area contributed by atoms with E-state index in [2.05, 4.69) is 22.0 Å². The lowest BCUT2D eigenvalue weighted by Crippen LogP contribution is -2.57. The standard InChI is InChI=1S/C33H36F2N6O2/c1-3-24-23-17-36-13-16-41(23)30-26-29(38-32(39-30)42-18-33-11-5-14-40(33)15-6-12-33)27(35)28(37-31(26)43-24)21-8-4-7-20-9-10-22(34)19(2)25(20)21/h4,7-10,23-24,36H,3,5-6,11-18H2,1-2H3. The summed E-state index contributed by atoms with van der Waals surface area (Å²) in [4.78, 5) is 19.2. The van der Waals surface area contributed by atoms with Crippen LogP contribution in [0.25, 0.3) is 32.9 Å². The zero-order chi connectivity index (χ0) is 29.3. The van der Waals surface area contributed by atoms with Gasteiger partial charge in [0.2, 0.25) is 5.88 Å². The maximum absolute atomic E-state index is 16.9. The molecule has 43 heavy (non-hydrogen) atoms. The maximum Gasteiger partial charge on any atom is 0.319 e. The van der Waals surface area contributed by atoms with Crippen LogP contribution < -0.4 is 19.7 Å². The van der Waals surface area contributed by atoms with Crippen LogP contribution in [0.1, 0.15) is 44.6 Å². The highest BCUT2D eigenvalue weighted by Crippen LogP contribution is 2.44. The van der Waals surface area contributed by atoms with Crippen molar-refractivity contribution in [1.29, 1.82) is 0 Å². The van der Waals surface area contributed by atoms with Crippen LogP contribution in [0, 0.1) is 18.6 Å². The van der Waals surface area contributed by atoms with Crippen LogP contribution in [-0.4, -0.2) is 76.9 Å². The number of aromatic nitrogens is 3. The molecule has 4 aromatic rings. The molecule has 3 fully saturated rings. The monoisotopic (exact) mass is 586 g/mol. The summed E-state index contributed by atoms with van der Waals surface area (Å²) in [6, 6.07) is 8.83. The summed E-state index contributed by atoms with van der Waals surface area (Å²) in [5.74, 6) is -0.0342. The number of aryl methyl sites for hydroxylation is 1. The molecule has 10 heteroatoms. The van der Waals surface area contributed by atoms with Crippen LogP contribution in [0.5, 0.6) is 11.9 Å². The molecule has 0 amide bonds. The topological polar surface area (TPSA) is 75.6 Å². The van der Waals surface area contributed by atoms with Crippen LogP contribution in [0.3, 0.4) is 0 Å². The first-order valence-electron chi connectivity index (χ1n) is 15.6. The van der Waals surface area contributed by atoms with Gasteiger partial charge in [0.05, 0.1) is 11.6 Å². The summed E-state index contributed by atoms with van der Waals surface area (Å²) in [5, 5.41) is 5.37. The van der Waals surface area contributed by atoms with E-state index in [1.165, 1.54) is 6.07 Å². The van der Waals surface area contributed by atoms with E-state index in [-0.39, 0.29) is 40.7 Å². The third-order valence-electron chi connectivity index (χ3n) is 10.1. The highest BCUT2D eigenvalue weighted by molar-refractivity contribution is 6.02. The van der Waals surface area contributed by atoms with Crippen LogP contribution >= 0.6 is 0 Å². The second kappa shape index (κ2) is 10.2. The Kier molecular flexibility index (Phi) is 6.41. The van der Waals surface area contributed by atoms with E-state index < -0.39 is 5.82 Å². The van der Waals surface area contributed by atoms with Crippen molar-refractivity contribution in [3.8, 4) is 23.1 Å². The van der Waals surface area contributed by atoms with Crippen LogP contribution in [0.15, 0.2) is 30.3 Å². The van der Waals surface area contributed by atoms with Crippen molar-refractivity contribution in [2.75, 3.05) is 44.2 Å². The van der Waals surface area contributed by atoms with Crippen LogP contribution in [-0.2, 0) is 0 Å². The molecule has 224 valence electrons. The van der Waals surface area contributed by atoms with Gasteiger partial charge in [0.25, 0.3) is 0 Å². The van der Waals surface area contributed by atoms with E-state index >= 15 is 4.39 Å². The summed E-state index contributed by atoms with van der Waals surface area (Å²) in [6.45, 7) is 8.63. The molecule has 0 spiro atoms. The smallest absolute Gasteiger partial charge is 0.319 e. The van der Waals surface area contributed by atoms with E-state index in [4.69, 9.17) is 24.4 Å². The first-order chi connectivity index (χ1) is 21.0. The lowest BCUT2D eigenvalue weighted by Gasteiger charge is -2.39. The average Bonchev–Trinajstić information content (AvgIpc) is 3.58. The van der Waals surface area contributed by atoms with Gasteiger partial charge in [-0.25, -0.2) is 13.8 Å². The van der Waals surface area contributed by atoms with Gasteiger partial charge in [-0.2, -0.15) is 9.97 Å². The highest BCUT2D eigenvalue weighted by Gasteiger charge is 2.45. The number of fused-ring (bicyclic) bond motifs is 4. The summed E-state index contributed by atoms with van der Waals surface area (Å²) in [6.07, 6.45) is 5.02. The van der Waals surface area contributed by atoms with Crippen molar-refractivity contribution in [2.45, 2.75) is 63.6 Å². The minimum atomic E-state index is -0.588. The third kappa shape index (κ3) is 4.17. The number of rotatable bonds is 5. The molecule has 8 rings (SSSR count). The van der Waals surface area contributed by atoms with E-state index in [0.29, 0.717) is 53.3 Å². The summed E-state index contributed by atoms with van der Waals surface area (Å²) in [5.41, 5.74) is 1.14. The predicted octanol–water partition coefficient (Wildman–Crippen LogP) is 5.39. The van der Waals surface area contributed by atoms with Crippen molar-refractivity contribution in [2.24, 2.45) is 0 Å². The molecule has 0 radical (unpaired) electrons. The Labute approximate surface area is 249 Å². The molecular formula is C33H36F2N6O2. The first-order valence-corrected chi connectivity index (χ1v) is 15.6. The number of nitrogens with one attached hydrogen (secondary N) is 1. The van der Waals surface area contributed by atoms with Gasteiger partial charge in [0.1, 0.15) is 40.9 Å². The molecule has 2 aromatic carbocycles. The molecule has 3 saturated heterocycles. The van der Waals surface area contributed by atoms with Crippen LogP contribution in [0.4, 0.5) is 14.6 Å². The number of hydrogen-bond donors (Lipinski definition) is 1. The maximum atomic E-state index is 16.9. The van der Waals surface area contributed by atoms with Gasteiger partial charge >= 0.3 is 6.01 Å². The van der Waals surface area contributed by atoms with Crippen molar-refractivity contribution in [1.82, 2.24) is 25.2 Å². The van der Waals surface area contributed by atoms with Gasteiger partial charge in [0, 0.05) is 25.2 Å². The van der Waals surface area contributed by atoms with Gasteiger partial charge in [-0.05, 0) is 74.5 Å². The number of hydrogen-bond acceptors (Lipinski definition) is 8. The minimum Gasteiger partial charge on any atom is -0.472 e. The fourth-order valence-corrected chi connectivity index (χ4v) is 7.93. The number of anilines is 1. The highest BCUT2D eigenvalue weighted by atomic mass is 19.1. The summed E-state index contributed by atoms with van der Waals surface area (Å²) < 4.78 is 44.7. The fourth-order valence-electron chi connectivity index (χ4n) is 7.93. The Bertz CT molecular complexity index is 1740. The Morgan fingerprint density at radius 2 is 1.88 bits per heavy atom. The van der Waals surface area contributed by atoms with E-state index in [0.717, 1.165) is 57.1 Å². The first kappa shape index (κ1) is 27.0. The molecule has 4 aliphatic rings. The van der Waals surface area contributed by atoms with Crippen molar-refractivity contribution < 1.29 is 18.3 Å². The number of piperazine rings is 1. The van der Waals surface area contributed by atoms with Crippen molar-refractivity contribution in [3.63, 3.8) is 0 Å². The molecular weight excluding hydrogens is 550 g/mol. The Hall–Kier alpha value is -3.63. The molecule has 2 unspecified atom stereocenters. The molecule has 0 bridgehead atoms. The second-order valence-corrected chi connectivity index (χ2v) is 12.4. The fraction of sp³-hybridized carbons (Fsp3) is 0.485. The Morgan fingerprint density at radius 3 is 2.70 bits per heavy atom. The van der Waals surface area contributed by atoms with E-state index in [1.54, 1.807) is 19.1 Å². The number of halogens is 2. The lowest BCUT2D eigenvalue weighted by molar-refractivity contribution is 0.108. The van der Waals surface area contributed by atoms with Gasteiger partial charge in [0.15, 0.2) is 5.82 Å². The quantitative estimate of drug-likeness (QED) is 0.334. The van der Waals surface area contributed by atoms with Gasteiger partial charge in [-0.1, -0.05) is 31.2 Å². The summed E-state index contributed by atoms with van der Waals surface area (Å²) >= 11 is 0. The number of ether oxygens (including phenoxy) is 2. The second-order valence-electron chi connectivity index (χ2n) is 12.4. The zero-order valence-electron chi connectivity index (χ0n) is 24.6. The normalized spacial score (nSPS) is 22.8. The zero-order valence-corrected chi connectivity index (χ0v) is 24.6. The Morgan fingerprint density at radius 1 is 1.05 bits per heavy atom. The molecule has 0 saturated carbocycles. The van der Waals surface area contributed by atoms with Crippen molar-refractivity contribution in [3.05, 3.63) is 47.5 Å². The molecule has 4 aliphatic heterocycles. The number of benzene rings is 2. The molecule has 0 aliphatic carbocycles. The van der Waals surface area contributed by atoms with Crippen molar-refractivity contribution >= 4 is 27.5 Å². The molecule has 2 aromatic heterocycles. The minimum absolute atomic E-state index is 0.00189. The third-order valence-corrected chi connectivity index (χ3v) is 10.1. The van der Waals surface area contributed by atoms with Gasteiger partial charge in [-0.15, -0.1) is 0 Å². The SMILES string of the molecule is CCC1Oc2nc(-c3cccc4ccc(F)c(C)c34)c(F)c3nc(OCC45CCCN4CCC5)nc(c23)N2CCNCC12. The molecule has 2 atom stereocenters. The molecule has 8 nitrogen and oxygen atoms in total. The largest absolute Gasteiger partial charge is 0.472 e.